The Morgan fingerprint density at radius 2 is 1.57 bits per heavy atom. The smallest absolute Gasteiger partial charge is 0.407 e. The van der Waals surface area contributed by atoms with E-state index in [4.69, 9.17) is 9.84 Å². The first-order valence-corrected chi connectivity index (χ1v) is 12.5. The molecule has 7 heteroatoms. The van der Waals surface area contributed by atoms with E-state index in [-0.39, 0.29) is 37.3 Å². The minimum atomic E-state index is -0.879. The number of hydrogen-bond acceptors (Lipinski definition) is 4. The maximum Gasteiger partial charge on any atom is 0.407 e. The Morgan fingerprint density at radius 1 is 0.971 bits per heavy atom. The molecule has 35 heavy (non-hydrogen) atoms. The number of carboxylic acids is 1. The average molecular weight is 479 g/mol. The third kappa shape index (κ3) is 5.66. The highest BCUT2D eigenvalue weighted by Crippen LogP contribution is 2.44. The molecule has 0 aromatic heterocycles. The van der Waals surface area contributed by atoms with Crippen LogP contribution in [0.5, 0.6) is 0 Å². The molecule has 2 aliphatic carbocycles. The van der Waals surface area contributed by atoms with Gasteiger partial charge in [0.15, 0.2) is 0 Å². The van der Waals surface area contributed by atoms with Gasteiger partial charge in [0.1, 0.15) is 6.61 Å². The normalized spacial score (nSPS) is 17.1. The highest BCUT2D eigenvalue weighted by Gasteiger charge is 2.40. The predicted molar refractivity (Wildman–Crippen MR) is 133 cm³/mol. The molecule has 3 N–H and O–H groups in total. The molecule has 1 saturated carbocycles. The summed E-state index contributed by atoms with van der Waals surface area (Å²) in [7, 11) is 0. The maximum absolute atomic E-state index is 13.1. The van der Waals surface area contributed by atoms with E-state index in [0.717, 1.165) is 30.4 Å². The summed E-state index contributed by atoms with van der Waals surface area (Å²) in [4.78, 5) is 36.7. The van der Waals surface area contributed by atoms with E-state index in [0.29, 0.717) is 19.4 Å². The van der Waals surface area contributed by atoms with Crippen molar-refractivity contribution in [3.63, 3.8) is 0 Å². The Morgan fingerprint density at radius 3 is 2.17 bits per heavy atom. The first kappa shape index (κ1) is 24.8. The lowest BCUT2D eigenvalue weighted by Gasteiger charge is -2.36. The molecule has 0 radical (unpaired) electrons. The first-order valence-electron chi connectivity index (χ1n) is 12.5. The average Bonchev–Trinajstić information content (AvgIpc) is 3.18. The van der Waals surface area contributed by atoms with Gasteiger partial charge < -0.3 is 20.5 Å². The minimum Gasteiger partial charge on any atom is -0.481 e. The Hall–Kier alpha value is -3.35. The summed E-state index contributed by atoms with van der Waals surface area (Å²) in [5, 5.41) is 14.7. The summed E-state index contributed by atoms with van der Waals surface area (Å²) in [6.45, 7) is 2.54. The third-order valence-electron chi connectivity index (χ3n) is 7.34. The fourth-order valence-electron chi connectivity index (χ4n) is 5.43. The SMILES string of the molecule is CC(CNC(=O)C1(CNC(=O)OCC2c3ccccc3-c3ccccc32)CCCCC1)CC(=O)O. The quantitative estimate of drug-likeness (QED) is 0.484. The van der Waals surface area contributed by atoms with E-state index in [1.54, 1.807) is 6.92 Å². The van der Waals surface area contributed by atoms with Crippen LogP contribution in [0.25, 0.3) is 11.1 Å². The van der Waals surface area contributed by atoms with Crippen LogP contribution in [0, 0.1) is 11.3 Å². The Bertz CT molecular complexity index is 1030. The zero-order chi connectivity index (χ0) is 24.8. The Labute approximate surface area is 206 Å². The van der Waals surface area contributed by atoms with Gasteiger partial charge in [0.25, 0.3) is 0 Å². The van der Waals surface area contributed by atoms with Gasteiger partial charge in [-0.15, -0.1) is 0 Å². The van der Waals surface area contributed by atoms with Gasteiger partial charge in [0.2, 0.25) is 5.91 Å². The second-order valence-electron chi connectivity index (χ2n) is 9.93. The number of carbonyl (C=O) groups is 3. The predicted octanol–water partition coefficient (Wildman–Crippen LogP) is 4.70. The fraction of sp³-hybridized carbons (Fsp3) is 0.464. The van der Waals surface area contributed by atoms with Crippen LogP contribution < -0.4 is 10.6 Å². The number of aliphatic carboxylic acids is 1. The van der Waals surface area contributed by atoms with E-state index < -0.39 is 17.5 Å². The van der Waals surface area contributed by atoms with Crippen LogP contribution in [0.1, 0.15) is 62.5 Å². The molecule has 1 atom stereocenters. The number of fused-ring (bicyclic) bond motifs is 3. The van der Waals surface area contributed by atoms with Crippen LogP contribution in [0.2, 0.25) is 0 Å². The lowest BCUT2D eigenvalue weighted by Crippen LogP contribution is -2.50. The molecule has 2 amide bonds. The van der Waals surface area contributed by atoms with Crippen molar-refractivity contribution >= 4 is 18.0 Å². The summed E-state index contributed by atoms with van der Waals surface area (Å²) in [6, 6.07) is 16.4. The van der Waals surface area contributed by atoms with Crippen LogP contribution in [0.4, 0.5) is 4.79 Å². The second-order valence-corrected chi connectivity index (χ2v) is 9.93. The van der Waals surface area contributed by atoms with Gasteiger partial charge in [-0.25, -0.2) is 4.79 Å². The number of amides is 2. The molecule has 2 aromatic rings. The summed E-state index contributed by atoms with van der Waals surface area (Å²) in [6.07, 6.45) is 3.77. The summed E-state index contributed by atoms with van der Waals surface area (Å²) in [5.74, 6) is -1.17. The van der Waals surface area contributed by atoms with Gasteiger partial charge in [-0.3, -0.25) is 9.59 Å². The number of carbonyl (C=O) groups excluding carboxylic acids is 2. The lowest BCUT2D eigenvalue weighted by molar-refractivity contribution is -0.138. The lowest BCUT2D eigenvalue weighted by atomic mass is 9.73. The van der Waals surface area contributed by atoms with E-state index in [9.17, 15) is 14.4 Å². The van der Waals surface area contributed by atoms with Gasteiger partial charge in [0, 0.05) is 25.4 Å². The van der Waals surface area contributed by atoms with Crippen LogP contribution in [0.15, 0.2) is 48.5 Å². The van der Waals surface area contributed by atoms with Gasteiger partial charge in [-0.05, 0) is 41.0 Å². The summed E-state index contributed by atoms with van der Waals surface area (Å²) >= 11 is 0. The maximum atomic E-state index is 13.1. The van der Waals surface area contributed by atoms with Crippen molar-refractivity contribution in [2.24, 2.45) is 11.3 Å². The number of rotatable bonds is 9. The minimum absolute atomic E-state index is 0.00524. The zero-order valence-electron chi connectivity index (χ0n) is 20.2. The molecule has 0 bridgehead atoms. The molecule has 2 aliphatic rings. The number of nitrogens with one attached hydrogen (secondary N) is 2. The van der Waals surface area contributed by atoms with E-state index in [2.05, 4.69) is 34.9 Å². The number of ether oxygens (including phenoxy) is 1. The van der Waals surface area contributed by atoms with Gasteiger partial charge >= 0.3 is 12.1 Å². The molecule has 0 spiro atoms. The first-order chi connectivity index (χ1) is 16.9. The molecular weight excluding hydrogens is 444 g/mol. The standard InChI is InChI=1S/C28H34N2O5/c1-19(15-25(31)32)16-29-26(33)28(13-7-2-8-14-28)18-30-27(34)35-17-24-22-11-5-3-9-20(22)21-10-4-6-12-23(21)24/h3-6,9-12,19,24H,2,7-8,13-18H2,1H3,(H,29,33)(H,30,34)(H,31,32). The number of hydrogen-bond donors (Lipinski definition) is 3. The third-order valence-corrected chi connectivity index (χ3v) is 7.34. The zero-order valence-corrected chi connectivity index (χ0v) is 20.2. The monoisotopic (exact) mass is 478 g/mol. The van der Waals surface area contributed by atoms with Crippen LogP contribution >= 0.6 is 0 Å². The molecule has 1 unspecified atom stereocenters. The highest BCUT2D eigenvalue weighted by molar-refractivity contribution is 5.84. The molecule has 2 aromatic carbocycles. The molecule has 0 saturated heterocycles. The van der Waals surface area contributed by atoms with Crippen molar-refractivity contribution < 1.29 is 24.2 Å². The van der Waals surface area contributed by atoms with Crippen molar-refractivity contribution in [2.45, 2.75) is 51.4 Å². The number of carboxylic acid groups (broad SMARTS) is 1. The largest absolute Gasteiger partial charge is 0.481 e. The molecular formula is C28H34N2O5. The van der Waals surface area contributed by atoms with Crippen molar-refractivity contribution in [1.82, 2.24) is 10.6 Å². The van der Waals surface area contributed by atoms with E-state index in [1.807, 2.05) is 24.3 Å². The van der Waals surface area contributed by atoms with Crippen LogP contribution in [0.3, 0.4) is 0 Å². The Kier molecular flexibility index (Phi) is 7.73. The van der Waals surface area contributed by atoms with Crippen molar-refractivity contribution in [3.05, 3.63) is 59.7 Å². The fourth-order valence-corrected chi connectivity index (χ4v) is 5.43. The van der Waals surface area contributed by atoms with Crippen molar-refractivity contribution in [3.8, 4) is 11.1 Å². The molecule has 1 fully saturated rings. The van der Waals surface area contributed by atoms with E-state index in [1.165, 1.54) is 11.1 Å². The summed E-state index contributed by atoms with van der Waals surface area (Å²) < 4.78 is 5.65. The number of benzene rings is 2. The molecule has 7 nitrogen and oxygen atoms in total. The van der Waals surface area contributed by atoms with Crippen molar-refractivity contribution in [2.75, 3.05) is 19.7 Å². The topological polar surface area (TPSA) is 105 Å². The van der Waals surface area contributed by atoms with Crippen molar-refractivity contribution in [1.29, 1.82) is 0 Å². The molecule has 0 heterocycles. The molecule has 4 rings (SSSR count). The summed E-state index contributed by atoms with van der Waals surface area (Å²) in [5.41, 5.74) is 3.96. The van der Waals surface area contributed by atoms with Gasteiger partial charge in [-0.2, -0.15) is 0 Å². The Balaban J connectivity index is 1.35. The second kappa shape index (κ2) is 10.9. The van der Waals surface area contributed by atoms with Gasteiger partial charge in [-0.1, -0.05) is 74.7 Å². The molecule has 0 aliphatic heterocycles. The molecule has 186 valence electrons. The van der Waals surface area contributed by atoms with Crippen LogP contribution in [-0.4, -0.2) is 42.8 Å². The van der Waals surface area contributed by atoms with Crippen LogP contribution in [-0.2, 0) is 14.3 Å². The van der Waals surface area contributed by atoms with Gasteiger partial charge in [0.05, 0.1) is 5.41 Å². The highest BCUT2D eigenvalue weighted by atomic mass is 16.5. The number of alkyl carbamates (subject to hydrolysis) is 1. The van der Waals surface area contributed by atoms with E-state index >= 15 is 0 Å².